The average molecular weight is 423 g/mol. The van der Waals surface area contributed by atoms with Crippen molar-refractivity contribution in [2.45, 2.75) is 25.3 Å². The summed E-state index contributed by atoms with van der Waals surface area (Å²) in [5.41, 5.74) is 1.05. The van der Waals surface area contributed by atoms with Crippen molar-refractivity contribution in [1.29, 1.82) is 0 Å². The molecule has 0 aliphatic carbocycles. The topological polar surface area (TPSA) is 114 Å². The van der Waals surface area contributed by atoms with Crippen molar-refractivity contribution in [3.63, 3.8) is 0 Å². The van der Waals surface area contributed by atoms with Crippen LogP contribution in [0.25, 0.3) is 11.2 Å². The van der Waals surface area contributed by atoms with Gasteiger partial charge >= 0.3 is 0 Å². The Morgan fingerprint density at radius 3 is 2.93 bits per heavy atom. The number of benzene rings is 1. The van der Waals surface area contributed by atoms with Crippen LogP contribution >= 0.6 is 11.6 Å². The van der Waals surface area contributed by atoms with Crippen molar-refractivity contribution in [2.75, 3.05) is 19.3 Å². The van der Waals surface area contributed by atoms with Crippen LogP contribution in [0.2, 0.25) is 5.02 Å². The summed E-state index contributed by atoms with van der Waals surface area (Å²) >= 11 is 6.04. The molecule has 148 valence electrons. The van der Waals surface area contributed by atoms with E-state index in [4.69, 9.17) is 11.6 Å². The maximum atomic E-state index is 12.5. The summed E-state index contributed by atoms with van der Waals surface area (Å²) < 4.78 is 26.7. The predicted molar refractivity (Wildman–Crippen MR) is 105 cm³/mol. The first-order chi connectivity index (χ1) is 13.3. The van der Waals surface area contributed by atoms with Crippen molar-refractivity contribution in [3.05, 3.63) is 51.0 Å². The highest BCUT2D eigenvalue weighted by Gasteiger charge is 2.29. The summed E-state index contributed by atoms with van der Waals surface area (Å²) in [6.07, 6.45) is 2.65. The maximum Gasteiger partial charge on any atom is 0.281 e. The molecule has 1 unspecified atom stereocenters. The van der Waals surface area contributed by atoms with E-state index in [2.05, 4.69) is 20.3 Å². The number of piperidine rings is 1. The average Bonchev–Trinajstić information content (AvgIpc) is 3.04. The third-order valence-electron chi connectivity index (χ3n) is 4.85. The van der Waals surface area contributed by atoms with Crippen LogP contribution in [0.1, 0.15) is 30.1 Å². The summed E-state index contributed by atoms with van der Waals surface area (Å²) in [7, 11) is -3.29. The van der Waals surface area contributed by atoms with Gasteiger partial charge in [-0.15, -0.1) is 5.10 Å². The number of halogens is 1. The van der Waals surface area contributed by atoms with E-state index in [9.17, 15) is 13.2 Å². The van der Waals surface area contributed by atoms with E-state index in [-0.39, 0.29) is 17.0 Å². The highest BCUT2D eigenvalue weighted by atomic mass is 35.5. The van der Waals surface area contributed by atoms with Gasteiger partial charge in [0.1, 0.15) is 5.82 Å². The Morgan fingerprint density at radius 2 is 2.18 bits per heavy atom. The number of sulfonamides is 1. The second-order valence-electron chi connectivity index (χ2n) is 6.96. The molecule has 1 fully saturated rings. The molecule has 3 heterocycles. The summed E-state index contributed by atoms with van der Waals surface area (Å²) in [6, 6.07) is 7.33. The molecule has 11 heteroatoms. The third-order valence-corrected chi connectivity index (χ3v) is 6.36. The first-order valence-corrected chi connectivity index (χ1v) is 11.1. The van der Waals surface area contributed by atoms with Crippen molar-refractivity contribution in [3.8, 4) is 0 Å². The molecule has 0 amide bonds. The molecule has 4 rings (SSSR count). The van der Waals surface area contributed by atoms with Crippen LogP contribution < -0.4 is 5.56 Å². The van der Waals surface area contributed by atoms with Crippen LogP contribution in [0.15, 0.2) is 29.1 Å². The lowest BCUT2D eigenvalue weighted by Gasteiger charge is -2.30. The number of H-pyrrole nitrogens is 1. The zero-order valence-electron chi connectivity index (χ0n) is 15.2. The number of hydrogen-bond acceptors (Lipinski definition) is 6. The minimum absolute atomic E-state index is 0.154. The first kappa shape index (κ1) is 19.0. The number of nitrogens with zero attached hydrogens (tertiary/aromatic N) is 5. The van der Waals surface area contributed by atoms with Crippen LogP contribution in [0, 0.1) is 0 Å². The van der Waals surface area contributed by atoms with Crippen molar-refractivity contribution < 1.29 is 8.42 Å². The summed E-state index contributed by atoms with van der Waals surface area (Å²) in [6.45, 7) is 1.15. The van der Waals surface area contributed by atoms with Gasteiger partial charge in [0.05, 0.1) is 12.8 Å². The smallest absolute Gasteiger partial charge is 0.281 e. The molecule has 1 atom stereocenters. The molecule has 2 aromatic heterocycles. The molecule has 9 nitrogen and oxygen atoms in total. The molecule has 1 saturated heterocycles. The lowest BCUT2D eigenvalue weighted by Crippen LogP contribution is -2.39. The largest absolute Gasteiger partial charge is 0.308 e. The monoisotopic (exact) mass is 422 g/mol. The van der Waals surface area contributed by atoms with Crippen molar-refractivity contribution in [2.24, 2.45) is 0 Å². The van der Waals surface area contributed by atoms with Crippen LogP contribution in [-0.4, -0.2) is 57.0 Å². The molecule has 1 aromatic carbocycles. The van der Waals surface area contributed by atoms with E-state index in [1.165, 1.54) is 10.6 Å². The van der Waals surface area contributed by atoms with Crippen molar-refractivity contribution >= 4 is 32.8 Å². The molecule has 0 spiro atoms. The Hall–Kier alpha value is -2.30. The zero-order chi connectivity index (χ0) is 19.9. The number of aromatic nitrogens is 5. The fourth-order valence-electron chi connectivity index (χ4n) is 3.46. The number of hydrogen-bond donors (Lipinski definition) is 1. The van der Waals surface area contributed by atoms with Gasteiger partial charge in [0.15, 0.2) is 11.2 Å². The fraction of sp³-hybridized carbons (Fsp3) is 0.412. The number of rotatable bonds is 4. The maximum absolute atomic E-state index is 12.5. The van der Waals surface area contributed by atoms with Gasteiger partial charge in [-0.25, -0.2) is 22.4 Å². The van der Waals surface area contributed by atoms with Crippen LogP contribution in [0.4, 0.5) is 0 Å². The predicted octanol–water partition coefficient (Wildman–Crippen LogP) is 1.36. The minimum Gasteiger partial charge on any atom is -0.308 e. The number of aromatic amines is 1. The molecular formula is C17H19ClN6O3S. The van der Waals surface area contributed by atoms with Gasteiger partial charge in [0, 0.05) is 24.0 Å². The minimum atomic E-state index is -3.29. The Kier molecular flexibility index (Phi) is 4.94. The third kappa shape index (κ3) is 3.80. The molecule has 0 bridgehead atoms. The Morgan fingerprint density at radius 1 is 1.36 bits per heavy atom. The normalized spacial score (nSPS) is 18.6. The van der Waals surface area contributed by atoms with Gasteiger partial charge in [-0.3, -0.25) is 4.79 Å². The highest BCUT2D eigenvalue weighted by molar-refractivity contribution is 7.88. The van der Waals surface area contributed by atoms with Gasteiger partial charge < -0.3 is 4.98 Å². The van der Waals surface area contributed by atoms with E-state index in [0.29, 0.717) is 42.5 Å². The number of fused-ring (bicyclic) bond motifs is 1. The lowest BCUT2D eigenvalue weighted by atomic mass is 9.99. The van der Waals surface area contributed by atoms with Crippen molar-refractivity contribution in [1.82, 2.24) is 29.3 Å². The molecule has 0 radical (unpaired) electrons. The van der Waals surface area contributed by atoms with Gasteiger partial charge in [0.25, 0.3) is 5.56 Å². The van der Waals surface area contributed by atoms with Crippen LogP contribution in [-0.2, 0) is 16.6 Å². The Bertz CT molecular complexity index is 1190. The summed E-state index contributed by atoms with van der Waals surface area (Å²) in [5, 5.41) is 8.61. The molecule has 28 heavy (non-hydrogen) atoms. The number of nitrogens with one attached hydrogen (secondary N) is 1. The van der Waals surface area contributed by atoms with Crippen LogP contribution in [0.3, 0.4) is 0 Å². The van der Waals surface area contributed by atoms with E-state index < -0.39 is 10.0 Å². The van der Waals surface area contributed by atoms with Gasteiger partial charge in [0.2, 0.25) is 10.0 Å². The van der Waals surface area contributed by atoms with Gasteiger partial charge in [-0.1, -0.05) is 28.9 Å². The second-order valence-corrected chi connectivity index (χ2v) is 9.38. The zero-order valence-corrected chi connectivity index (χ0v) is 16.7. The van der Waals surface area contributed by atoms with Gasteiger partial charge in [-0.05, 0) is 30.5 Å². The summed E-state index contributed by atoms with van der Waals surface area (Å²) in [5.74, 6) is 0.274. The molecule has 1 aliphatic heterocycles. The van der Waals surface area contributed by atoms with E-state index in [1.54, 1.807) is 10.7 Å². The standard InChI is InChI=1S/C17H19ClN6O3S/c1-28(26,27)23-7-3-5-12(10-23)15-19-16-14(17(25)20-15)21-22-24(16)9-11-4-2-6-13(18)8-11/h2,4,6,8,12H,3,5,7,9-10H2,1H3,(H,19,20,25). The SMILES string of the molecule is CS(=O)(=O)N1CCCC(c2nc3c(nnn3Cc3cccc(Cl)c3)c(=O)[nH]2)C1. The van der Waals surface area contributed by atoms with E-state index in [0.717, 1.165) is 12.0 Å². The highest BCUT2D eigenvalue weighted by Crippen LogP contribution is 2.26. The Labute approximate surface area is 166 Å². The molecule has 3 aromatic rings. The summed E-state index contributed by atoms with van der Waals surface area (Å²) in [4.78, 5) is 19.8. The second kappa shape index (κ2) is 7.26. The molecule has 1 aliphatic rings. The first-order valence-electron chi connectivity index (χ1n) is 8.84. The van der Waals surface area contributed by atoms with Crippen LogP contribution in [0.5, 0.6) is 0 Å². The van der Waals surface area contributed by atoms with E-state index >= 15 is 0 Å². The van der Waals surface area contributed by atoms with Gasteiger partial charge in [-0.2, -0.15) is 0 Å². The molecule has 1 N–H and O–H groups in total. The Balaban J connectivity index is 1.70. The lowest BCUT2D eigenvalue weighted by molar-refractivity contribution is 0.311. The van der Waals surface area contributed by atoms with E-state index in [1.807, 2.05) is 18.2 Å². The quantitative estimate of drug-likeness (QED) is 0.678. The molecular weight excluding hydrogens is 404 g/mol. The fourth-order valence-corrected chi connectivity index (χ4v) is 4.58. The molecule has 0 saturated carbocycles.